The molecule has 0 amide bonds. The SMILES string of the molecule is CCOC(=O)C(=O)C1CCC2=C(C=C(Cl)C=CC2)C1=O. The van der Waals surface area contributed by atoms with Crippen LogP contribution >= 0.6 is 11.6 Å². The van der Waals surface area contributed by atoms with Gasteiger partial charge in [0.15, 0.2) is 5.78 Å². The van der Waals surface area contributed by atoms with Crippen LogP contribution in [0.1, 0.15) is 26.2 Å². The van der Waals surface area contributed by atoms with Crippen LogP contribution in [0.15, 0.2) is 34.4 Å². The second-order valence-corrected chi connectivity index (χ2v) is 5.13. The molecule has 1 atom stereocenters. The first kappa shape index (κ1) is 14.7. The van der Waals surface area contributed by atoms with Crippen molar-refractivity contribution in [2.24, 2.45) is 5.92 Å². The molecule has 0 radical (unpaired) electrons. The first-order valence-corrected chi connectivity index (χ1v) is 6.93. The average molecular weight is 295 g/mol. The smallest absolute Gasteiger partial charge is 0.375 e. The maximum absolute atomic E-state index is 12.4. The Hall–Kier alpha value is -1.68. The van der Waals surface area contributed by atoms with Gasteiger partial charge in [0.05, 0.1) is 12.5 Å². The molecule has 0 bridgehead atoms. The molecule has 0 aromatic heterocycles. The third kappa shape index (κ3) is 2.90. The summed E-state index contributed by atoms with van der Waals surface area (Å²) in [6, 6.07) is 0. The number of ether oxygens (including phenoxy) is 1. The number of rotatable bonds is 3. The number of halogens is 1. The minimum Gasteiger partial charge on any atom is -0.460 e. The number of hydrogen-bond donors (Lipinski definition) is 0. The number of hydrogen-bond acceptors (Lipinski definition) is 4. The fraction of sp³-hybridized carbons (Fsp3) is 0.400. The fourth-order valence-electron chi connectivity index (χ4n) is 2.43. The topological polar surface area (TPSA) is 60.4 Å². The van der Waals surface area contributed by atoms with Crippen molar-refractivity contribution in [2.45, 2.75) is 26.2 Å². The Morgan fingerprint density at radius 2 is 2.20 bits per heavy atom. The van der Waals surface area contributed by atoms with E-state index in [1.165, 1.54) is 0 Å². The highest BCUT2D eigenvalue weighted by molar-refractivity contribution is 6.40. The van der Waals surface area contributed by atoms with Crippen molar-refractivity contribution < 1.29 is 19.1 Å². The van der Waals surface area contributed by atoms with E-state index in [2.05, 4.69) is 4.74 Å². The molecule has 0 saturated carbocycles. The molecule has 0 saturated heterocycles. The van der Waals surface area contributed by atoms with Crippen molar-refractivity contribution >= 4 is 29.1 Å². The maximum atomic E-state index is 12.4. The van der Waals surface area contributed by atoms with Gasteiger partial charge in [-0.2, -0.15) is 0 Å². The second kappa shape index (κ2) is 6.18. The molecule has 0 aliphatic heterocycles. The highest BCUT2D eigenvalue weighted by Gasteiger charge is 2.37. The van der Waals surface area contributed by atoms with E-state index in [1.54, 1.807) is 19.1 Å². The van der Waals surface area contributed by atoms with Crippen molar-refractivity contribution in [1.82, 2.24) is 0 Å². The van der Waals surface area contributed by atoms with E-state index >= 15 is 0 Å². The summed E-state index contributed by atoms with van der Waals surface area (Å²) in [7, 11) is 0. The lowest BCUT2D eigenvalue weighted by atomic mass is 9.79. The van der Waals surface area contributed by atoms with E-state index in [9.17, 15) is 14.4 Å². The van der Waals surface area contributed by atoms with E-state index < -0.39 is 17.7 Å². The molecule has 0 fully saturated rings. The Kier molecular flexibility index (Phi) is 4.55. The standard InChI is InChI=1S/C15H15ClO4/c1-2-20-15(19)14(18)11-7-6-9-4-3-5-10(16)8-12(9)13(11)17/h3,5,8,11H,2,4,6-7H2,1H3. The lowest BCUT2D eigenvalue weighted by Gasteiger charge is -2.22. The van der Waals surface area contributed by atoms with Gasteiger partial charge in [0.2, 0.25) is 0 Å². The Morgan fingerprint density at radius 3 is 2.90 bits per heavy atom. The van der Waals surface area contributed by atoms with E-state index in [1.807, 2.05) is 6.08 Å². The molecule has 0 spiro atoms. The Morgan fingerprint density at radius 1 is 1.45 bits per heavy atom. The van der Waals surface area contributed by atoms with Gasteiger partial charge in [0, 0.05) is 10.6 Å². The molecule has 1 unspecified atom stereocenters. The van der Waals surface area contributed by atoms with E-state index in [-0.39, 0.29) is 12.4 Å². The molecule has 2 aliphatic carbocycles. The molecular weight excluding hydrogens is 280 g/mol. The van der Waals surface area contributed by atoms with Crippen LogP contribution in [0.5, 0.6) is 0 Å². The van der Waals surface area contributed by atoms with Crippen LogP contribution in [-0.2, 0) is 19.1 Å². The molecule has 0 aromatic carbocycles. The van der Waals surface area contributed by atoms with Gasteiger partial charge >= 0.3 is 5.97 Å². The zero-order valence-electron chi connectivity index (χ0n) is 11.1. The predicted molar refractivity (Wildman–Crippen MR) is 74.1 cm³/mol. The zero-order valence-corrected chi connectivity index (χ0v) is 11.9. The Bertz CT molecular complexity index is 554. The van der Waals surface area contributed by atoms with Crippen LogP contribution < -0.4 is 0 Å². The monoisotopic (exact) mass is 294 g/mol. The highest BCUT2D eigenvalue weighted by atomic mass is 35.5. The van der Waals surface area contributed by atoms with Crippen LogP contribution in [0.3, 0.4) is 0 Å². The number of carbonyl (C=O) groups excluding carboxylic acids is 3. The molecule has 20 heavy (non-hydrogen) atoms. The molecule has 2 rings (SSSR count). The lowest BCUT2D eigenvalue weighted by molar-refractivity contribution is -0.156. The van der Waals surface area contributed by atoms with Crippen LogP contribution in [-0.4, -0.2) is 24.1 Å². The predicted octanol–water partition coefficient (Wildman–Crippen LogP) is 2.48. The lowest BCUT2D eigenvalue weighted by Crippen LogP contribution is -2.34. The summed E-state index contributed by atoms with van der Waals surface area (Å²) >= 11 is 5.96. The summed E-state index contributed by atoms with van der Waals surface area (Å²) in [6.45, 7) is 1.74. The average Bonchev–Trinajstić information content (AvgIpc) is 2.60. The van der Waals surface area contributed by atoms with E-state index in [0.29, 0.717) is 29.9 Å². The van der Waals surface area contributed by atoms with Gasteiger partial charge in [-0.3, -0.25) is 9.59 Å². The van der Waals surface area contributed by atoms with Crippen molar-refractivity contribution in [2.75, 3.05) is 6.61 Å². The summed E-state index contributed by atoms with van der Waals surface area (Å²) < 4.78 is 4.68. The van der Waals surface area contributed by atoms with Gasteiger partial charge < -0.3 is 4.74 Å². The summed E-state index contributed by atoms with van der Waals surface area (Å²) in [6.07, 6.45) is 6.81. The van der Waals surface area contributed by atoms with E-state index in [4.69, 9.17) is 11.6 Å². The van der Waals surface area contributed by atoms with Crippen LogP contribution in [0.4, 0.5) is 0 Å². The van der Waals surface area contributed by atoms with Crippen LogP contribution in [0.2, 0.25) is 0 Å². The van der Waals surface area contributed by atoms with Gasteiger partial charge in [0.1, 0.15) is 0 Å². The molecule has 2 aliphatic rings. The van der Waals surface area contributed by atoms with Gasteiger partial charge in [0.25, 0.3) is 5.78 Å². The minimum absolute atomic E-state index is 0.120. The number of carbonyl (C=O) groups is 3. The third-order valence-electron chi connectivity index (χ3n) is 3.41. The Labute approximate surface area is 122 Å². The van der Waals surface area contributed by atoms with Gasteiger partial charge in [-0.15, -0.1) is 0 Å². The summed E-state index contributed by atoms with van der Waals surface area (Å²) in [5.74, 6) is -2.96. The van der Waals surface area contributed by atoms with E-state index in [0.717, 1.165) is 5.57 Å². The van der Waals surface area contributed by atoms with Crippen LogP contribution in [0, 0.1) is 5.92 Å². The molecule has 0 N–H and O–H groups in total. The first-order valence-electron chi connectivity index (χ1n) is 6.55. The molecule has 0 heterocycles. The number of ketones is 2. The Balaban J connectivity index is 2.25. The zero-order chi connectivity index (χ0) is 14.7. The van der Waals surface area contributed by atoms with Crippen molar-refractivity contribution in [1.29, 1.82) is 0 Å². The molecule has 106 valence electrons. The summed E-state index contributed by atoms with van der Waals surface area (Å²) in [5.41, 5.74) is 1.43. The maximum Gasteiger partial charge on any atom is 0.375 e. The molecular formula is C15H15ClO4. The van der Waals surface area contributed by atoms with Crippen LogP contribution in [0.25, 0.3) is 0 Å². The number of esters is 1. The summed E-state index contributed by atoms with van der Waals surface area (Å²) in [5, 5.41) is 0.451. The third-order valence-corrected chi connectivity index (χ3v) is 3.65. The van der Waals surface area contributed by atoms with Crippen molar-refractivity contribution in [3.05, 3.63) is 34.4 Å². The first-order chi connectivity index (χ1) is 9.54. The van der Waals surface area contributed by atoms with Crippen molar-refractivity contribution in [3.8, 4) is 0 Å². The van der Waals surface area contributed by atoms with Gasteiger partial charge in [-0.25, -0.2) is 4.79 Å². The van der Waals surface area contributed by atoms with Crippen molar-refractivity contribution in [3.63, 3.8) is 0 Å². The highest BCUT2D eigenvalue weighted by Crippen LogP contribution is 2.33. The summed E-state index contributed by atoms with van der Waals surface area (Å²) in [4.78, 5) is 35.8. The minimum atomic E-state index is -0.938. The molecule has 4 nitrogen and oxygen atoms in total. The second-order valence-electron chi connectivity index (χ2n) is 4.69. The number of allylic oxidation sites excluding steroid dienone is 6. The van der Waals surface area contributed by atoms with Gasteiger partial charge in [-0.1, -0.05) is 23.3 Å². The quantitative estimate of drug-likeness (QED) is 0.456. The van der Waals surface area contributed by atoms with Gasteiger partial charge in [-0.05, 0) is 38.3 Å². The fourth-order valence-corrected chi connectivity index (χ4v) is 2.62. The molecule has 5 heteroatoms. The molecule has 0 aromatic rings. The normalized spacial score (nSPS) is 22.0. The largest absolute Gasteiger partial charge is 0.460 e. The number of Topliss-reactive ketones (excluding diaryl/α,β-unsaturated/α-hetero) is 2.